The monoisotopic (exact) mass is 269 g/mol. The molecule has 3 amide bonds. The highest BCUT2D eigenvalue weighted by atomic mass is 19.1. The van der Waals surface area contributed by atoms with E-state index in [1.807, 2.05) is 5.32 Å². The van der Waals surface area contributed by atoms with Crippen LogP contribution in [0.3, 0.4) is 0 Å². The van der Waals surface area contributed by atoms with Crippen molar-refractivity contribution in [2.45, 2.75) is 19.6 Å². The van der Waals surface area contributed by atoms with Gasteiger partial charge in [-0.3, -0.25) is 10.1 Å². The molecule has 0 aliphatic heterocycles. The van der Waals surface area contributed by atoms with Gasteiger partial charge in [-0.25, -0.2) is 9.18 Å². The van der Waals surface area contributed by atoms with Gasteiger partial charge in [-0.2, -0.15) is 0 Å². The Morgan fingerprint density at radius 1 is 1.47 bits per heavy atom. The molecule has 0 fully saturated rings. The number of hydrogen-bond acceptors (Lipinski definition) is 4. The van der Waals surface area contributed by atoms with E-state index < -0.39 is 23.9 Å². The molecule has 0 heterocycles. The van der Waals surface area contributed by atoms with Gasteiger partial charge in [0.05, 0.1) is 0 Å². The summed E-state index contributed by atoms with van der Waals surface area (Å²) in [5.74, 6) is -1.35. The van der Waals surface area contributed by atoms with Gasteiger partial charge in [0.25, 0.3) is 5.91 Å². The zero-order valence-corrected chi connectivity index (χ0v) is 10.7. The molecule has 0 aliphatic rings. The minimum absolute atomic E-state index is 0.0724. The lowest BCUT2D eigenvalue weighted by molar-refractivity contribution is -0.126. The highest BCUT2D eigenvalue weighted by Crippen LogP contribution is 2.19. The minimum Gasteiger partial charge on any atom is -0.478 e. The van der Waals surface area contributed by atoms with Crippen LogP contribution in [0.2, 0.25) is 0 Å². The first-order valence-electron chi connectivity index (χ1n) is 5.65. The standard InChI is InChI=1S/C12H16FN3O3/c1-7(11(17)16-12(18)15-2)19-10-4-3-8(6-14)5-9(10)13/h3-5,7H,6,14H2,1-2H3,(H2,15,16,17,18). The molecule has 0 bridgehead atoms. The van der Waals surface area contributed by atoms with Gasteiger partial charge in [0.2, 0.25) is 0 Å². The number of urea groups is 1. The molecule has 7 heteroatoms. The van der Waals surface area contributed by atoms with Gasteiger partial charge in [0.1, 0.15) is 0 Å². The average Bonchev–Trinajstić information content (AvgIpc) is 2.40. The Bertz CT molecular complexity index is 479. The van der Waals surface area contributed by atoms with Crippen LogP contribution in [0.25, 0.3) is 0 Å². The summed E-state index contributed by atoms with van der Waals surface area (Å²) in [6.45, 7) is 1.62. The average molecular weight is 269 g/mol. The lowest BCUT2D eigenvalue weighted by Crippen LogP contribution is -2.44. The Morgan fingerprint density at radius 3 is 2.68 bits per heavy atom. The molecule has 104 valence electrons. The molecule has 19 heavy (non-hydrogen) atoms. The Labute approximate surface area is 110 Å². The number of amides is 3. The van der Waals surface area contributed by atoms with E-state index in [9.17, 15) is 14.0 Å². The van der Waals surface area contributed by atoms with Gasteiger partial charge < -0.3 is 15.8 Å². The molecule has 6 nitrogen and oxygen atoms in total. The van der Waals surface area contributed by atoms with Gasteiger partial charge in [-0.05, 0) is 24.6 Å². The summed E-state index contributed by atoms with van der Waals surface area (Å²) in [6.07, 6.45) is -1.00. The number of ether oxygens (including phenoxy) is 1. The largest absolute Gasteiger partial charge is 0.478 e. The predicted octanol–water partition coefficient (Wildman–Crippen LogP) is 0.507. The summed E-state index contributed by atoms with van der Waals surface area (Å²) in [6, 6.07) is 3.57. The molecule has 1 atom stereocenters. The van der Waals surface area contributed by atoms with E-state index in [-0.39, 0.29) is 12.3 Å². The Morgan fingerprint density at radius 2 is 2.16 bits per heavy atom. The Kier molecular flexibility index (Phi) is 5.25. The van der Waals surface area contributed by atoms with Crippen LogP contribution in [0.4, 0.5) is 9.18 Å². The van der Waals surface area contributed by atoms with Crippen LogP contribution in [-0.4, -0.2) is 25.1 Å². The fourth-order valence-corrected chi connectivity index (χ4v) is 1.29. The van der Waals surface area contributed by atoms with E-state index in [0.717, 1.165) is 0 Å². The van der Waals surface area contributed by atoms with Crippen molar-refractivity contribution in [3.8, 4) is 5.75 Å². The van der Waals surface area contributed by atoms with E-state index in [0.29, 0.717) is 5.56 Å². The molecule has 0 radical (unpaired) electrons. The fourth-order valence-electron chi connectivity index (χ4n) is 1.29. The van der Waals surface area contributed by atoms with Crippen molar-refractivity contribution >= 4 is 11.9 Å². The van der Waals surface area contributed by atoms with E-state index in [4.69, 9.17) is 10.5 Å². The number of nitrogens with one attached hydrogen (secondary N) is 2. The van der Waals surface area contributed by atoms with Gasteiger partial charge >= 0.3 is 6.03 Å². The summed E-state index contributed by atoms with van der Waals surface area (Å²) in [4.78, 5) is 22.5. The smallest absolute Gasteiger partial charge is 0.321 e. The van der Waals surface area contributed by atoms with Crippen LogP contribution in [0.5, 0.6) is 5.75 Å². The van der Waals surface area contributed by atoms with Crippen LogP contribution in [0.1, 0.15) is 12.5 Å². The number of halogens is 1. The zero-order valence-electron chi connectivity index (χ0n) is 10.7. The summed E-state index contributed by atoms with van der Waals surface area (Å²) in [7, 11) is 1.37. The first-order valence-corrected chi connectivity index (χ1v) is 5.65. The normalized spacial score (nSPS) is 11.6. The first-order chi connectivity index (χ1) is 8.97. The van der Waals surface area contributed by atoms with Crippen molar-refractivity contribution in [2.24, 2.45) is 5.73 Å². The molecular weight excluding hydrogens is 253 g/mol. The molecule has 1 aromatic rings. The van der Waals surface area contributed by atoms with E-state index >= 15 is 0 Å². The summed E-state index contributed by atoms with van der Waals surface area (Å²) < 4.78 is 18.7. The van der Waals surface area contributed by atoms with Gasteiger partial charge in [-0.1, -0.05) is 6.07 Å². The second-order valence-corrected chi connectivity index (χ2v) is 3.80. The number of nitrogens with two attached hydrogens (primary N) is 1. The number of carbonyl (C=O) groups excluding carboxylic acids is 2. The highest BCUT2D eigenvalue weighted by Gasteiger charge is 2.18. The van der Waals surface area contributed by atoms with Crippen LogP contribution in [-0.2, 0) is 11.3 Å². The van der Waals surface area contributed by atoms with E-state index in [1.54, 1.807) is 6.07 Å². The second-order valence-electron chi connectivity index (χ2n) is 3.80. The lowest BCUT2D eigenvalue weighted by atomic mass is 10.2. The maximum absolute atomic E-state index is 13.6. The van der Waals surface area contributed by atoms with Gasteiger partial charge in [0.15, 0.2) is 17.7 Å². The number of rotatable bonds is 4. The fraction of sp³-hybridized carbons (Fsp3) is 0.333. The molecule has 0 saturated carbocycles. The number of benzene rings is 1. The van der Waals surface area contributed by atoms with Crippen molar-refractivity contribution < 1.29 is 18.7 Å². The highest BCUT2D eigenvalue weighted by molar-refractivity contribution is 5.96. The van der Waals surface area contributed by atoms with Crippen LogP contribution < -0.4 is 21.1 Å². The molecule has 0 saturated heterocycles. The van der Waals surface area contributed by atoms with Crippen molar-refractivity contribution in [1.29, 1.82) is 0 Å². The molecular formula is C12H16FN3O3. The third-order valence-electron chi connectivity index (χ3n) is 2.37. The summed E-state index contributed by atoms with van der Waals surface area (Å²) >= 11 is 0. The molecule has 1 aromatic carbocycles. The molecule has 0 aliphatic carbocycles. The van der Waals surface area contributed by atoms with Crippen molar-refractivity contribution in [2.75, 3.05) is 7.05 Å². The second kappa shape index (κ2) is 6.69. The van der Waals surface area contributed by atoms with Gasteiger partial charge in [0, 0.05) is 13.6 Å². The quantitative estimate of drug-likeness (QED) is 0.742. The maximum atomic E-state index is 13.6. The number of carbonyl (C=O) groups is 2. The third kappa shape index (κ3) is 4.22. The predicted molar refractivity (Wildman–Crippen MR) is 67.0 cm³/mol. The third-order valence-corrected chi connectivity index (χ3v) is 2.37. The summed E-state index contributed by atoms with van der Waals surface area (Å²) in [5.41, 5.74) is 5.99. The minimum atomic E-state index is -1.00. The Balaban J connectivity index is 2.68. The zero-order chi connectivity index (χ0) is 14.4. The first kappa shape index (κ1) is 14.9. The van der Waals surface area contributed by atoms with Crippen LogP contribution in [0.15, 0.2) is 18.2 Å². The van der Waals surface area contributed by atoms with Crippen molar-refractivity contribution in [3.05, 3.63) is 29.6 Å². The Hall–Kier alpha value is -2.15. The molecule has 0 spiro atoms. The number of hydrogen-bond donors (Lipinski definition) is 3. The van der Waals surface area contributed by atoms with Crippen LogP contribution in [0, 0.1) is 5.82 Å². The van der Waals surface area contributed by atoms with E-state index in [2.05, 4.69) is 5.32 Å². The molecule has 1 unspecified atom stereocenters. The van der Waals surface area contributed by atoms with Gasteiger partial charge in [-0.15, -0.1) is 0 Å². The topological polar surface area (TPSA) is 93.5 Å². The van der Waals surface area contributed by atoms with E-state index in [1.165, 1.54) is 26.1 Å². The van der Waals surface area contributed by atoms with Crippen molar-refractivity contribution in [1.82, 2.24) is 10.6 Å². The molecule has 0 aromatic heterocycles. The lowest BCUT2D eigenvalue weighted by Gasteiger charge is -2.14. The summed E-state index contributed by atoms with van der Waals surface area (Å²) in [5, 5.41) is 4.26. The molecule has 1 rings (SSSR count). The maximum Gasteiger partial charge on any atom is 0.321 e. The van der Waals surface area contributed by atoms with Crippen molar-refractivity contribution in [3.63, 3.8) is 0 Å². The van der Waals surface area contributed by atoms with Crippen LogP contribution >= 0.6 is 0 Å². The SMILES string of the molecule is CNC(=O)NC(=O)C(C)Oc1ccc(CN)cc1F. The molecule has 4 N–H and O–H groups in total. The number of imide groups is 1.